The van der Waals surface area contributed by atoms with E-state index >= 15 is 0 Å². The summed E-state index contributed by atoms with van der Waals surface area (Å²) in [6.45, 7) is 7.13. The third-order valence-corrected chi connectivity index (χ3v) is 4.74. The molecule has 0 spiro atoms. The Morgan fingerprint density at radius 1 is 1.62 bits per heavy atom. The third-order valence-electron chi connectivity index (χ3n) is 4.74. The van der Waals surface area contributed by atoms with Gasteiger partial charge in [-0.15, -0.1) is 0 Å². The Morgan fingerprint density at radius 2 is 2.29 bits per heavy atom. The summed E-state index contributed by atoms with van der Waals surface area (Å²) < 4.78 is 7.40. The molecule has 1 aromatic rings. The summed E-state index contributed by atoms with van der Waals surface area (Å²) in [5, 5.41) is 4.12. The number of hydrogen-bond acceptors (Lipinski definition) is 4. The predicted molar refractivity (Wildman–Crippen MR) is 80.4 cm³/mol. The van der Waals surface area contributed by atoms with Crippen LogP contribution in [0, 0.1) is 5.41 Å². The van der Waals surface area contributed by atoms with Crippen molar-refractivity contribution < 1.29 is 9.53 Å². The van der Waals surface area contributed by atoms with Gasteiger partial charge >= 0.3 is 0 Å². The molecule has 118 valence electrons. The Bertz CT molecular complexity index is 525. The monoisotopic (exact) mass is 294 g/mol. The first-order valence-electron chi connectivity index (χ1n) is 7.36. The standard InChI is InChI=1S/C15H26N4O2/c1-6-21-12-7-15(16,14(12,2)3)13(20)18(4)9-11-8-17-19(5)10-11/h8,10,12H,6-7,9,16H2,1-5H3. The zero-order chi connectivity index (χ0) is 15.8. The van der Waals surface area contributed by atoms with Crippen LogP contribution in [0.15, 0.2) is 12.4 Å². The van der Waals surface area contributed by atoms with E-state index in [1.807, 2.05) is 34.0 Å². The SMILES string of the molecule is CCOC1CC(N)(C(=O)N(C)Cc2cnn(C)c2)C1(C)C. The van der Waals surface area contributed by atoms with Gasteiger partial charge in [0.1, 0.15) is 5.54 Å². The molecule has 1 aromatic heterocycles. The quantitative estimate of drug-likeness (QED) is 0.876. The van der Waals surface area contributed by atoms with Crippen LogP contribution in [0.2, 0.25) is 0 Å². The van der Waals surface area contributed by atoms with Gasteiger partial charge in [-0.3, -0.25) is 9.48 Å². The van der Waals surface area contributed by atoms with Gasteiger partial charge in [0, 0.05) is 50.8 Å². The minimum absolute atomic E-state index is 0.0349. The number of carbonyl (C=O) groups excluding carboxylic acids is 1. The molecular weight excluding hydrogens is 268 g/mol. The molecule has 0 radical (unpaired) electrons. The summed E-state index contributed by atoms with van der Waals surface area (Å²) in [6.07, 6.45) is 4.29. The van der Waals surface area contributed by atoms with Crippen molar-refractivity contribution in [2.75, 3.05) is 13.7 Å². The van der Waals surface area contributed by atoms with E-state index in [4.69, 9.17) is 10.5 Å². The van der Waals surface area contributed by atoms with Crippen molar-refractivity contribution in [3.05, 3.63) is 18.0 Å². The van der Waals surface area contributed by atoms with Crippen molar-refractivity contribution >= 4 is 5.91 Å². The van der Waals surface area contributed by atoms with Crippen molar-refractivity contribution in [2.24, 2.45) is 18.2 Å². The molecule has 2 rings (SSSR count). The molecule has 6 heteroatoms. The molecule has 1 heterocycles. The average Bonchev–Trinajstić information content (AvgIpc) is 2.82. The van der Waals surface area contributed by atoms with Crippen molar-refractivity contribution in [3.63, 3.8) is 0 Å². The molecule has 0 aliphatic heterocycles. The van der Waals surface area contributed by atoms with Crippen LogP contribution in [0.25, 0.3) is 0 Å². The highest BCUT2D eigenvalue weighted by Crippen LogP contribution is 2.50. The first kappa shape index (κ1) is 16.0. The van der Waals surface area contributed by atoms with Crippen molar-refractivity contribution in [2.45, 2.75) is 45.4 Å². The van der Waals surface area contributed by atoms with Gasteiger partial charge in [-0.1, -0.05) is 13.8 Å². The Labute approximate surface area is 126 Å². The Morgan fingerprint density at radius 3 is 2.76 bits per heavy atom. The molecule has 0 saturated heterocycles. The Hall–Kier alpha value is -1.40. The predicted octanol–water partition coefficient (Wildman–Crippen LogP) is 0.911. The van der Waals surface area contributed by atoms with E-state index in [0.717, 1.165) is 5.56 Å². The fourth-order valence-corrected chi connectivity index (χ4v) is 3.04. The van der Waals surface area contributed by atoms with Crippen LogP contribution in [0.3, 0.4) is 0 Å². The van der Waals surface area contributed by atoms with Gasteiger partial charge in [-0.05, 0) is 6.92 Å². The maximum atomic E-state index is 12.7. The zero-order valence-corrected chi connectivity index (χ0v) is 13.6. The van der Waals surface area contributed by atoms with E-state index in [1.54, 1.807) is 22.8 Å². The number of amides is 1. The minimum Gasteiger partial charge on any atom is -0.378 e. The van der Waals surface area contributed by atoms with E-state index in [1.165, 1.54) is 0 Å². The fraction of sp³-hybridized carbons (Fsp3) is 0.733. The number of hydrogen-bond donors (Lipinski definition) is 1. The van der Waals surface area contributed by atoms with Crippen LogP contribution in [0.1, 0.15) is 32.8 Å². The minimum atomic E-state index is -0.857. The molecule has 1 fully saturated rings. The third kappa shape index (κ3) is 2.58. The van der Waals surface area contributed by atoms with Gasteiger partial charge in [0.05, 0.1) is 12.3 Å². The number of rotatable bonds is 5. The highest BCUT2D eigenvalue weighted by molar-refractivity contribution is 5.88. The summed E-state index contributed by atoms with van der Waals surface area (Å²) in [5.41, 5.74) is 6.19. The van der Waals surface area contributed by atoms with E-state index in [9.17, 15) is 4.79 Å². The lowest BCUT2D eigenvalue weighted by molar-refractivity contribution is -0.178. The molecular formula is C15H26N4O2. The second-order valence-electron chi connectivity index (χ2n) is 6.52. The number of aromatic nitrogens is 2. The summed E-state index contributed by atoms with van der Waals surface area (Å²) in [5.74, 6) is -0.0349. The summed E-state index contributed by atoms with van der Waals surface area (Å²) in [4.78, 5) is 14.4. The Kier molecular flexibility index (Phi) is 4.13. The van der Waals surface area contributed by atoms with Crippen LogP contribution in [-0.4, -0.2) is 45.9 Å². The first-order valence-corrected chi connectivity index (χ1v) is 7.36. The lowest BCUT2D eigenvalue weighted by Gasteiger charge is -2.58. The molecule has 0 bridgehead atoms. The lowest BCUT2D eigenvalue weighted by atomic mass is 9.54. The van der Waals surface area contributed by atoms with Crippen molar-refractivity contribution in [1.82, 2.24) is 14.7 Å². The molecule has 1 aliphatic carbocycles. The molecule has 21 heavy (non-hydrogen) atoms. The number of likely N-dealkylation sites (N-methyl/N-ethyl adjacent to an activating group) is 1. The molecule has 1 amide bonds. The number of carbonyl (C=O) groups is 1. The van der Waals surface area contributed by atoms with Gasteiger partial charge in [0.25, 0.3) is 0 Å². The molecule has 2 atom stereocenters. The normalized spacial score (nSPS) is 27.2. The highest BCUT2D eigenvalue weighted by atomic mass is 16.5. The van der Waals surface area contributed by atoms with Gasteiger partial charge in [-0.2, -0.15) is 5.10 Å². The smallest absolute Gasteiger partial charge is 0.243 e. The second-order valence-corrected chi connectivity index (χ2v) is 6.52. The number of ether oxygens (including phenoxy) is 1. The average molecular weight is 294 g/mol. The number of aryl methyl sites for hydroxylation is 1. The molecule has 2 N–H and O–H groups in total. The van der Waals surface area contributed by atoms with Crippen molar-refractivity contribution in [3.8, 4) is 0 Å². The van der Waals surface area contributed by atoms with Crippen molar-refractivity contribution in [1.29, 1.82) is 0 Å². The van der Waals surface area contributed by atoms with Crippen LogP contribution in [0.4, 0.5) is 0 Å². The fourth-order valence-electron chi connectivity index (χ4n) is 3.04. The molecule has 0 aromatic carbocycles. The number of nitrogens with two attached hydrogens (primary N) is 1. The van der Waals surface area contributed by atoms with Gasteiger partial charge in [0.15, 0.2) is 0 Å². The van der Waals surface area contributed by atoms with Crippen LogP contribution in [0.5, 0.6) is 0 Å². The van der Waals surface area contributed by atoms with Gasteiger partial charge in [0.2, 0.25) is 5.91 Å². The molecule has 2 unspecified atom stereocenters. The van der Waals surface area contributed by atoms with E-state index < -0.39 is 5.54 Å². The topological polar surface area (TPSA) is 73.4 Å². The molecule has 6 nitrogen and oxygen atoms in total. The van der Waals surface area contributed by atoms with Crippen LogP contribution < -0.4 is 5.73 Å². The largest absolute Gasteiger partial charge is 0.378 e. The van der Waals surface area contributed by atoms with Gasteiger partial charge in [-0.25, -0.2) is 0 Å². The zero-order valence-electron chi connectivity index (χ0n) is 13.6. The summed E-state index contributed by atoms with van der Waals surface area (Å²) in [7, 11) is 3.64. The van der Waals surface area contributed by atoms with E-state index in [0.29, 0.717) is 19.6 Å². The second kappa shape index (κ2) is 5.42. The maximum absolute atomic E-state index is 12.7. The van der Waals surface area contributed by atoms with Crippen LogP contribution >= 0.6 is 0 Å². The molecule has 1 saturated carbocycles. The van der Waals surface area contributed by atoms with Crippen LogP contribution in [-0.2, 0) is 23.1 Å². The molecule has 1 aliphatic rings. The van der Waals surface area contributed by atoms with Gasteiger partial charge < -0.3 is 15.4 Å². The van der Waals surface area contributed by atoms with E-state index in [-0.39, 0.29) is 17.4 Å². The first-order chi connectivity index (χ1) is 9.72. The lowest BCUT2D eigenvalue weighted by Crippen LogP contribution is -2.75. The Balaban J connectivity index is 2.05. The number of nitrogens with zero attached hydrogens (tertiary/aromatic N) is 3. The van der Waals surface area contributed by atoms with E-state index in [2.05, 4.69) is 5.10 Å². The maximum Gasteiger partial charge on any atom is 0.243 e. The summed E-state index contributed by atoms with van der Waals surface area (Å²) in [6, 6.07) is 0. The summed E-state index contributed by atoms with van der Waals surface area (Å²) >= 11 is 0. The highest BCUT2D eigenvalue weighted by Gasteiger charge is 2.63.